The monoisotopic (exact) mass is 965 g/mol. The Hall–Kier alpha value is -5.22. The number of pyridine rings is 1. The van der Waals surface area contributed by atoms with Gasteiger partial charge in [0.15, 0.2) is 82.5 Å². The summed E-state index contributed by atoms with van der Waals surface area (Å²) in [6.07, 6.45) is -5.31. The van der Waals surface area contributed by atoms with E-state index < -0.39 is 148 Å². The second-order valence-corrected chi connectivity index (χ2v) is 14.8. The molecule has 1 aromatic heterocycles. The number of hydrogen-bond acceptors (Lipinski definition) is 0. The predicted molar refractivity (Wildman–Crippen MR) is 181 cm³/mol. The average Bonchev–Trinajstić information content (AvgIpc) is 3.24. The first kappa shape index (κ1) is 47.8. The van der Waals surface area contributed by atoms with E-state index >= 15 is 35.1 Å². The summed E-state index contributed by atoms with van der Waals surface area (Å²) in [6, 6.07) is 15.7. The molecule has 25 heteroatoms. The van der Waals surface area contributed by atoms with Crippen molar-refractivity contribution in [1.82, 2.24) is 0 Å². The van der Waals surface area contributed by atoms with Crippen LogP contribution in [0.2, 0.25) is 0 Å². The summed E-state index contributed by atoms with van der Waals surface area (Å²) >= 11 is 17.8. The molecule has 6 rings (SSSR count). The van der Waals surface area contributed by atoms with Gasteiger partial charge in [0.05, 0.1) is 0 Å². The van der Waals surface area contributed by atoms with Gasteiger partial charge in [-0.15, -0.1) is 21.9 Å². The summed E-state index contributed by atoms with van der Waals surface area (Å²) in [6.45, 7) is 0.685. The van der Waals surface area contributed by atoms with Crippen LogP contribution in [0.5, 0.6) is 0 Å². The molecule has 0 spiro atoms. The zero-order valence-electron chi connectivity index (χ0n) is 29.1. The fourth-order valence-corrected chi connectivity index (χ4v) is 7.04. The first-order valence-electron chi connectivity index (χ1n) is 16.1. The molecule has 328 valence electrons. The quantitative estimate of drug-likeness (QED) is 0.0392. The summed E-state index contributed by atoms with van der Waals surface area (Å²) in [5.41, 5.74) is -12.5. The van der Waals surface area contributed by atoms with Crippen molar-refractivity contribution in [3.63, 3.8) is 0 Å². The Kier molecular flexibility index (Phi) is 13.5. The maximum absolute atomic E-state index is 15.4. The van der Waals surface area contributed by atoms with Gasteiger partial charge in [-0.25, -0.2) is 87.8 Å². The van der Waals surface area contributed by atoms with Gasteiger partial charge in [0.1, 0.15) is 52.7 Å². The molecular weight excluding hydrogens is 956 g/mol. The highest BCUT2D eigenvalue weighted by atomic mass is 35.6. The molecule has 0 aliphatic heterocycles. The van der Waals surface area contributed by atoms with Crippen LogP contribution in [0.15, 0.2) is 54.7 Å². The van der Waals surface area contributed by atoms with Crippen LogP contribution in [0.3, 0.4) is 0 Å². The van der Waals surface area contributed by atoms with Gasteiger partial charge in [0.2, 0.25) is 5.69 Å². The van der Waals surface area contributed by atoms with Crippen molar-refractivity contribution in [3.05, 3.63) is 182 Å². The zero-order valence-corrected chi connectivity index (χ0v) is 31.4. The van der Waals surface area contributed by atoms with Gasteiger partial charge in [-0.05, 0) is 6.07 Å². The van der Waals surface area contributed by atoms with Crippen LogP contribution in [-0.4, -0.2) is 6.15 Å². The first-order chi connectivity index (χ1) is 28.8. The topological polar surface area (TPSA) is 3.88 Å². The molecule has 0 atom stereocenters. The normalized spacial score (nSPS) is 11.9. The molecule has 0 fully saturated rings. The molecule has 0 saturated heterocycles. The predicted octanol–water partition coefficient (Wildman–Crippen LogP) is 9.70. The highest BCUT2D eigenvalue weighted by Crippen LogP contribution is 2.36. The maximum Gasteiger partial charge on any atom is 0.275 e. The lowest BCUT2D eigenvalue weighted by Crippen LogP contribution is -2.81. The summed E-state index contributed by atoms with van der Waals surface area (Å²) in [4.78, 5) is 0. The molecule has 0 N–H and O–H groups in total. The van der Waals surface area contributed by atoms with Crippen LogP contribution in [-0.2, 0) is 10.3 Å². The summed E-state index contributed by atoms with van der Waals surface area (Å²) < 4.78 is 294. The van der Waals surface area contributed by atoms with E-state index in [1.54, 1.807) is 0 Å². The molecule has 1 heterocycles. The van der Waals surface area contributed by atoms with Gasteiger partial charge < -0.3 is 0 Å². The molecule has 1 nitrogen and oxygen atoms in total. The fraction of sp³-hybridized carbons (Fsp3) is 0.0541. The van der Waals surface area contributed by atoms with E-state index in [0.717, 1.165) is 0 Å². The van der Waals surface area contributed by atoms with Crippen molar-refractivity contribution >= 4 is 62.8 Å². The lowest BCUT2D eigenvalue weighted by atomic mass is 9.12. The lowest BCUT2D eigenvalue weighted by molar-refractivity contribution is -0.695. The van der Waals surface area contributed by atoms with Crippen molar-refractivity contribution in [2.75, 3.05) is 0 Å². The van der Waals surface area contributed by atoms with E-state index in [4.69, 9.17) is 34.8 Å². The van der Waals surface area contributed by atoms with Crippen molar-refractivity contribution < 1.29 is 92.4 Å². The fourth-order valence-electron chi connectivity index (χ4n) is 6.53. The van der Waals surface area contributed by atoms with Crippen LogP contribution < -0.4 is 26.4 Å². The molecule has 0 aliphatic rings. The largest absolute Gasteiger partial charge is 0.275 e. The van der Waals surface area contributed by atoms with Crippen LogP contribution in [0, 0.1) is 116 Å². The van der Waals surface area contributed by atoms with Gasteiger partial charge >= 0.3 is 0 Å². The van der Waals surface area contributed by atoms with Gasteiger partial charge in [-0.3, -0.25) is 0 Å². The summed E-state index contributed by atoms with van der Waals surface area (Å²) in [5, 5.41) is 0. The smallest absolute Gasteiger partial charge is 0.207 e. The molecule has 0 unspecified atom stereocenters. The molecule has 0 saturated carbocycles. The lowest BCUT2D eigenvalue weighted by Gasteiger charge is -2.44. The van der Waals surface area contributed by atoms with Crippen LogP contribution in [0.25, 0.3) is 0 Å². The summed E-state index contributed by atoms with van der Waals surface area (Å²) in [7, 11) is 0. The van der Waals surface area contributed by atoms with E-state index in [2.05, 4.69) is 0 Å². The van der Waals surface area contributed by atoms with E-state index in [1.807, 2.05) is 59.3 Å². The molecule has 0 bridgehead atoms. The number of halogens is 23. The molecule has 62 heavy (non-hydrogen) atoms. The number of benzene rings is 5. The Morgan fingerprint density at radius 2 is 0.581 bits per heavy atom. The molecule has 6 aromatic rings. The third-order valence-corrected chi connectivity index (χ3v) is 9.71. The second kappa shape index (κ2) is 17.5. The van der Waals surface area contributed by atoms with E-state index in [1.165, 1.54) is 5.56 Å². The van der Waals surface area contributed by atoms with E-state index in [-0.39, 0.29) is 0 Å². The molecular formula is C37H11BCl3F20N. The highest BCUT2D eigenvalue weighted by molar-refractivity contribution is 7.20. The molecule has 0 radical (unpaired) electrons. The number of alkyl halides is 3. The third kappa shape index (κ3) is 7.67. The van der Waals surface area contributed by atoms with Crippen molar-refractivity contribution in [3.8, 4) is 0 Å². The van der Waals surface area contributed by atoms with Crippen LogP contribution in [0.1, 0.15) is 11.3 Å². The van der Waals surface area contributed by atoms with Crippen molar-refractivity contribution in [1.29, 1.82) is 0 Å². The Labute approximate surface area is 347 Å². The number of aromatic nitrogens is 1. The Bertz CT molecular complexity index is 2390. The van der Waals surface area contributed by atoms with E-state index in [9.17, 15) is 52.7 Å². The standard InChI is InChI=1S/C24BF20.C13H11Cl3N/c26-5-1(6(27)14(35)21(42)13(5)34)25(2-7(28)15(36)22(43)16(37)8(2)29,3-9(30)17(38)23(44)18(39)10(3)31)4-11(32)19(40)24(45)20(41)12(4)33;14-13(15,16)12-8-4-5-9-17(12)10-11-6-2-1-3-7-11/h;1-9H,10H2/q-1;+1. The van der Waals surface area contributed by atoms with Crippen LogP contribution in [0.4, 0.5) is 87.8 Å². The Balaban J connectivity index is 0.000000355. The SMILES string of the molecule is ClC(Cl)(Cl)c1cccc[n+]1Cc1ccccc1.Fc1c(F)c(F)c([B-](c2c(F)c(F)c(F)c(F)c2F)(c2c(F)c(F)c(F)c(F)c2F)c2c(F)c(F)c(F)c(F)c2F)c(F)c1F. The third-order valence-electron chi connectivity index (χ3n) is 9.13. The Morgan fingerprint density at radius 1 is 0.339 bits per heavy atom. The van der Waals surface area contributed by atoms with E-state index in [0.29, 0.717) is 12.2 Å². The minimum absolute atomic E-state index is 0.661. The number of hydrogen-bond donors (Lipinski definition) is 0. The highest BCUT2D eigenvalue weighted by Gasteiger charge is 2.52. The number of nitrogens with zero attached hydrogens (tertiary/aromatic N) is 1. The van der Waals surface area contributed by atoms with Gasteiger partial charge in [-0.2, -0.15) is 4.57 Å². The van der Waals surface area contributed by atoms with Crippen molar-refractivity contribution in [2.45, 2.75) is 10.3 Å². The second-order valence-electron chi connectivity index (χ2n) is 12.5. The minimum atomic E-state index is -7.22. The molecule has 0 aliphatic carbocycles. The first-order valence-corrected chi connectivity index (χ1v) is 17.2. The van der Waals surface area contributed by atoms with Gasteiger partial charge in [0, 0.05) is 17.7 Å². The summed E-state index contributed by atoms with van der Waals surface area (Å²) in [5.74, 6) is -71.4. The zero-order chi connectivity index (χ0) is 46.7. The van der Waals surface area contributed by atoms with Crippen LogP contribution >= 0.6 is 34.8 Å². The van der Waals surface area contributed by atoms with Crippen molar-refractivity contribution in [2.24, 2.45) is 0 Å². The minimum Gasteiger partial charge on any atom is -0.207 e. The number of rotatable bonds is 6. The maximum atomic E-state index is 15.4. The molecule has 5 aromatic carbocycles. The average molecular weight is 967 g/mol. The van der Waals surface area contributed by atoms with Gasteiger partial charge in [0.25, 0.3) is 3.79 Å². The Morgan fingerprint density at radius 3 is 0.839 bits per heavy atom. The van der Waals surface area contributed by atoms with Gasteiger partial charge in [-0.1, -0.05) is 65.1 Å². The molecule has 0 amide bonds.